The van der Waals surface area contributed by atoms with Crippen molar-refractivity contribution in [2.75, 3.05) is 12.4 Å². The second-order valence-electron chi connectivity index (χ2n) is 4.12. The first-order chi connectivity index (χ1) is 10.0. The molecule has 0 aliphatic heterocycles. The SMILES string of the molecule is COc1ccccc1C(=O)Nc1c(F)cccc1C(=O)O. The molecule has 0 aromatic heterocycles. The summed E-state index contributed by atoms with van der Waals surface area (Å²) in [6.45, 7) is 0. The third kappa shape index (κ3) is 3.00. The Morgan fingerprint density at radius 2 is 1.76 bits per heavy atom. The standard InChI is InChI=1S/C15H12FNO4/c1-21-12-8-3-2-5-9(12)14(18)17-13-10(15(19)20)6-4-7-11(13)16/h2-8H,1H3,(H,17,18)(H,19,20). The molecule has 0 saturated carbocycles. The molecule has 2 N–H and O–H groups in total. The molecule has 108 valence electrons. The van der Waals surface area contributed by atoms with Crippen LogP contribution in [-0.2, 0) is 0 Å². The van der Waals surface area contributed by atoms with Crippen LogP contribution >= 0.6 is 0 Å². The number of rotatable bonds is 4. The summed E-state index contributed by atoms with van der Waals surface area (Å²) in [5, 5.41) is 11.3. The maximum absolute atomic E-state index is 13.8. The molecule has 1 amide bonds. The lowest BCUT2D eigenvalue weighted by molar-refractivity contribution is 0.0697. The summed E-state index contributed by atoms with van der Waals surface area (Å²) >= 11 is 0. The first-order valence-electron chi connectivity index (χ1n) is 6.00. The van der Waals surface area contributed by atoms with Crippen LogP contribution in [0.4, 0.5) is 10.1 Å². The van der Waals surface area contributed by atoms with E-state index in [-0.39, 0.29) is 16.8 Å². The Balaban J connectivity index is 2.38. The zero-order valence-corrected chi connectivity index (χ0v) is 11.1. The quantitative estimate of drug-likeness (QED) is 0.907. The summed E-state index contributed by atoms with van der Waals surface area (Å²) in [6.07, 6.45) is 0. The van der Waals surface area contributed by atoms with Gasteiger partial charge in [-0.05, 0) is 24.3 Å². The zero-order chi connectivity index (χ0) is 15.4. The molecule has 5 nitrogen and oxygen atoms in total. The van der Waals surface area contributed by atoms with Gasteiger partial charge in [0, 0.05) is 0 Å². The van der Waals surface area contributed by atoms with E-state index in [0.717, 1.165) is 6.07 Å². The van der Waals surface area contributed by atoms with E-state index in [0.29, 0.717) is 5.75 Å². The van der Waals surface area contributed by atoms with Gasteiger partial charge in [-0.3, -0.25) is 4.79 Å². The van der Waals surface area contributed by atoms with Crippen LogP contribution < -0.4 is 10.1 Å². The van der Waals surface area contributed by atoms with Crippen LogP contribution in [0.1, 0.15) is 20.7 Å². The molecule has 2 aromatic rings. The van der Waals surface area contributed by atoms with Crippen LogP contribution in [0, 0.1) is 5.82 Å². The number of ether oxygens (including phenoxy) is 1. The highest BCUT2D eigenvalue weighted by Crippen LogP contribution is 2.23. The highest BCUT2D eigenvalue weighted by molar-refractivity contribution is 6.09. The Hall–Kier alpha value is -2.89. The van der Waals surface area contributed by atoms with Gasteiger partial charge in [-0.1, -0.05) is 18.2 Å². The Kier molecular flexibility index (Phi) is 4.18. The van der Waals surface area contributed by atoms with Gasteiger partial charge in [-0.25, -0.2) is 9.18 Å². The second kappa shape index (κ2) is 6.04. The van der Waals surface area contributed by atoms with Crippen LogP contribution in [0.2, 0.25) is 0 Å². The van der Waals surface area contributed by atoms with Gasteiger partial charge in [0.05, 0.1) is 23.9 Å². The van der Waals surface area contributed by atoms with Gasteiger partial charge in [0.15, 0.2) is 0 Å². The van der Waals surface area contributed by atoms with E-state index < -0.39 is 17.7 Å². The predicted octanol–water partition coefficient (Wildman–Crippen LogP) is 2.78. The second-order valence-corrected chi connectivity index (χ2v) is 4.12. The van der Waals surface area contributed by atoms with Crippen LogP contribution in [-0.4, -0.2) is 24.1 Å². The van der Waals surface area contributed by atoms with Gasteiger partial charge in [0.2, 0.25) is 0 Å². The van der Waals surface area contributed by atoms with E-state index in [9.17, 15) is 14.0 Å². The summed E-state index contributed by atoms with van der Waals surface area (Å²) in [5.74, 6) is -2.49. The molecular formula is C15H12FNO4. The number of hydrogen-bond acceptors (Lipinski definition) is 3. The number of methoxy groups -OCH3 is 1. The fourth-order valence-corrected chi connectivity index (χ4v) is 1.84. The van der Waals surface area contributed by atoms with E-state index >= 15 is 0 Å². The van der Waals surface area contributed by atoms with Gasteiger partial charge in [0.1, 0.15) is 11.6 Å². The topological polar surface area (TPSA) is 75.6 Å². The number of carboxylic acids is 1. The summed E-state index contributed by atoms with van der Waals surface area (Å²) < 4.78 is 18.8. The molecule has 0 aliphatic carbocycles. The molecule has 2 aromatic carbocycles. The number of hydrogen-bond donors (Lipinski definition) is 2. The van der Waals surface area contributed by atoms with Crippen LogP contribution in [0.5, 0.6) is 5.75 Å². The molecule has 0 aliphatic rings. The number of carboxylic acid groups (broad SMARTS) is 1. The smallest absolute Gasteiger partial charge is 0.337 e. The molecule has 0 spiro atoms. The van der Waals surface area contributed by atoms with Gasteiger partial charge < -0.3 is 15.2 Å². The van der Waals surface area contributed by atoms with Crippen molar-refractivity contribution in [2.45, 2.75) is 0 Å². The predicted molar refractivity (Wildman–Crippen MR) is 74.3 cm³/mol. The Morgan fingerprint density at radius 1 is 1.10 bits per heavy atom. The summed E-state index contributed by atoms with van der Waals surface area (Å²) in [4.78, 5) is 23.2. The van der Waals surface area contributed by atoms with E-state index in [1.165, 1.54) is 25.3 Å². The number of benzene rings is 2. The summed E-state index contributed by atoms with van der Waals surface area (Å²) in [5.41, 5.74) is -0.515. The zero-order valence-electron chi connectivity index (χ0n) is 11.1. The molecule has 2 rings (SSSR count). The number of aromatic carboxylic acids is 1. The lowest BCUT2D eigenvalue weighted by Crippen LogP contribution is -2.17. The van der Waals surface area contributed by atoms with Gasteiger partial charge in [0.25, 0.3) is 5.91 Å². The maximum atomic E-state index is 13.8. The molecule has 6 heteroatoms. The average molecular weight is 289 g/mol. The van der Waals surface area contributed by atoms with Crippen molar-refractivity contribution in [3.8, 4) is 5.75 Å². The monoisotopic (exact) mass is 289 g/mol. The van der Waals surface area contributed by atoms with Crippen molar-refractivity contribution < 1.29 is 23.8 Å². The third-order valence-corrected chi connectivity index (χ3v) is 2.83. The van der Waals surface area contributed by atoms with Gasteiger partial charge in [-0.15, -0.1) is 0 Å². The number of carbonyl (C=O) groups excluding carboxylic acids is 1. The van der Waals surface area contributed by atoms with E-state index in [4.69, 9.17) is 9.84 Å². The highest BCUT2D eigenvalue weighted by Gasteiger charge is 2.19. The Labute approximate surface area is 120 Å². The molecule has 0 heterocycles. The number of anilines is 1. The summed E-state index contributed by atoms with van der Waals surface area (Å²) in [7, 11) is 1.40. The van der Waals surface area contributed by atoms with Crippen LogP contribution in [0.15, 0.2) is 42.5 Å². The largest absolute Gasteiger partial charge is 0.496 e. The minimum absolute atomic E-state index is 0.180. The lowest BCUT2D eigenvalue weighted by Gasteiger charge is -2.11. The molecule has 0 radical (unpaired) electrons. The molecule has 0 atom stereocenters. The normalized spacial score (nSPS) is 10.0. The van der Waals surface area contributed by atoms with E-state index in [2.05, 4.69) is 5.32 Å². The van der Waals surface area contributed by atoms with E-state index in [1.807, 2.05) is 0 Å². The molecule has 0 saturated heterocycles. The average Bonchev–Trinajstić information content (AvgIpc) is 2.48. The van der Waals surface area contributed by atoms with Crippen molar-refractivity contribution in [3.05, 3.63) is 59.4 Å². The molecule has 0 bridgehead atoms. The highest BCUT2D eigenvalue weighted by atomic mass is 19.1. The van der Waals surface area contributed by atoms with Crippen LogP contribution in [0.25, 0.3) is 0 Å². The van der Waals surface area contributed by atoms with Crippen molar-refractivity contribution in [1.82, 2.24) is 0 Å². The van der Waals surface area contributed by atoms with Crippen molar-refractivity contribution >= 4 is 17.6 Å². The molecule has 0 unspecified atom stereocenters. The fraction of sp³-hybridized carbons (Fsp3) is 0.0667. The first-order valence-corrected chi connectivity index (χ1v) is 6.00. The fourth-order valence-electron chi connectivity index (χ4n) is 1.84. The number of halogens is 1. The molecule has 21 heavy (non-hydrogen) atoms. The van der Waals surface area contributed by atoms with Gasteiger partial charge in [-0.2, -0.15) is 0 Å². The van der Waals surface area contributed by atoms with Gasteiger partial charge >= 0.3 is 5.97 Å². The third-order valence-electron chi connectivity index (χ3n) is 2.83. The number of carbonyl (C=O) groups is 2. The molecular weight excluding hydrogens is 277 g/mol. The summed E-state index contributed by atoms with van der Waals surface area (Å²) in [6, 6.07) is 9.92. The minimum atomic E-state index is -1.33. The maximum Gasteiger partial charge on any atom is 0.337 e. The van der Waals surface area contributed by atoms with Crippen molar-refractivity contribution in [2.24, 2.45) is 0 Å². The number of para-hydroxylation sites is 2. The number of amides is 1. The Bertz CT molecular complexity index is 700. The van der Waals surface area contributed by atoms with Crippen molar-refractivity contribution in [1.29, 1.82) is 0 Å². The minimum Gasteiger partial charge on any atom is -0.496 e. The number of nitrogens with one attached hydrogen (secondary N) is 1. The Morgan fingerprint density at radius 3 is 2.43 bits per heavy atom. The van der Waals surface area contributed by atoms with Crippen molar-refractivity contribution in [3.63, 3.8) is 0 Å². The van der Waals surface area contributed by atoms with E-state index in [1.54, 1.807) is 18.2 Å². The lowest BCUT2D eigenvalue weighted by atomic mass is 10.1. The van der Waals surface area contributed by atoms with Crippen LogP contribution in [0.3, 0.4) is 0 Å². The first kappa shape index (κ1) is 14.5. The molecule has 0 fully saturated rings.